The highest BCUT2D eigenvalue weighted by molar-refractivity contribution is 5.16. The number of nitrogens with zero attached hydrogens (tertiary/aromatic N) is 5. The molecule has 0 amide bonds. The van der Waals surface area contributed by atoms with Gasteiger partial charge in [-0.05, 0) is 106 Å². The Balaban J connectivity index is -0.000000667. The van der Waals surface area contributed by atoms with Crippen LogP contribution in [-0.4, -0.2) is 24.9 Å². The molecule has 61 heavy (non-hydrogen) atoms. The van der Waals surface area contributed by atoms with Crippen molar-refractivity contribution in [3.8, 4) is 0 Å². The standard InChI is InChI=1S/C11H16.3C10H15N.C9H14N2.3C2H6/c1-11(2,3)9-10-7-5-4-6-8-10;1-10(2,3)8-9-4-6-11-7-5-9;1-10(2,3)7-9-5-4-6-11-8-9;1-10(2,3)8-9-6-4-5-7-11-9;1-9(2,3)6-8-7-10-4-5-11-8;3*1-2/h4-8H,9H2,1-3H3;4-7H,8H2,1-3H3;4-6,8H,7H2,1-3H3;4-7H,8H2,1-3H3;4-5,7H,6H2,1-3H3;3*1-2H3. The van der Waals surface area contributed by atoms with Crippen molar-refractivity contribution in [1.82, 2.24) is 24.9 Å². The van der Waals surface area contributed by atoms with E-state index in [9.17, 15) is 0 Å². The van der Waals surface area contributed by atoms with Gasteiger partial charge in [-0.1, -0.05) is 188 Å². The second-order valence-corrected chi connectivity index (χ2v) is 20.4. The Morgan fingerprint density at radius 2 is 0.689 bits per heavy atom. The quantitative estimate of drug-likeness (QED) is 0.176. The molecule has 0 bridgehead atoms. The third kappa shape index (κ3) is 43.6. The molecule has 5 nitrogen and oxygen atoms in total. The molecule has 0 fully saturated rings. The van der Waals surface area contributed by atoms with E-state index < -0.39 is 0 Å². The molecule has 0 aliphatic heterocycles. The topological polar surface area (TPSA) is 64.5 Å². The number of hydrogen-bond acceptors (Lipinski definition) is 5. The van der Waals surface area contributed by atoms with Crippen molar-refractivity contribution in [2.75, 3.05) is 0 Å². The molecule has 0 radical (unpaired) electrons. The highest BCUT2D eigenvalue weighted by atomic mass is 14.8. The van der Waals surface area contributed by atoms with E-state index in [1.165, 1.54) is 22.4 Å². The minimum Gasteiger partial charge on any atom is -0.265 e. The van der Waals surface area contributed by atoms with Crippen LogP contribution in [0.3, 0.4) is 0 Å². The SMILES string of the molecule is CC.CC.CC.CC(C)(C)Cc1ccccc1.CC(C)(C)Cc1ccccn1.CC(C)(C)Cc1cccnc1.CC(C)(C)Cc1ccncc1.CC(C)(C)Cc1cnccn1. The average Bonchev–Trinajstić information content (AvgIpc) is 3.17. The first-order valence-corrected chi connectivity index (χ1v) is 22.9. The monoisotopic (exact) mass is 836 g/mol. The van der Waals surface area contributed by atoms with Crippen LogP contribution in [0.4, 0.5) is 0 Å². The van der Waals surface area contributed by atoms with Crippen LogP contribution in [0.1, 0.15) is 173 Å². The maximum absolute atomic E-state index is 4.26. The molecule has 5 heteroatoms. The summed E-state index contributed by atoms with van der Waals surface area (Å²) in [7, 11) is 0. The zero-order valence-electron chi connectivity index (χ0n) is 43.3. The first-order chi connectivity index (χ1) is 28.4. The molecule has 0 aliphatic carbocycles. The number of aromatic nitrogens is 5. The van der Waals surface area contributed by atoms with Gasteiger partial charge in [0.25, 0.3) is 0 Å². The molecule has 1 aromatic carbocycles. The third-order valence-electron chi connectivity index (χ3n) is 7.28. The van der Waals surface area contributed by atoms with Crippen molar-refractivity contribution in [3.63, 3.8) is 0 Å². The summed E-state index contributed by atoms with van der Waals surface area (Å²) < 4.78 is 0. The van der Waals surface area contributed by atoms with E-state index in [1.807, 2.05) is 96.9 Å². The fourth-order valence-corrected chi connectivity index (χ4v) is 5.45. The van der Waals surface area contributed by atoms with E-state index in [1.54, 1.807) is 12.4 Å². The zero-order valence-corrected chi connectivity index (χ0v) is 43.3. The maximum Gasteiger partial charge on any atom is 0.0591 e. The van der Waals surface area contributed by atoms with Crippen molar-refractivity contribution in [3.05, 3.63) is 150 Å². The Morgan fingerprint density at radius 1 is 0.295 bits per heavy atom. The Hall–Kier alpha value is -4.25. The first-order valence-electron chi connectivity index (χ1n) is 22.9. The van der Waals surface area contributed by atoms with Crippen molar-refractivity contribution in [2.24, 2.45) is 27.1 Å². The first kappa shape index (κ1) is 61.1. The highest BCUT2D eigenvalue weighted by Crippen LogP contribution is 2.22. The second-order valence-electron chi connectivity index (χ2n) is 20.4. The van der Waals surface area contributed by atoms with E-state index in [2.05, 4.69) is 183 Å². The summed E-state index contributed by atoms with van der Waals surface area (Å²) in [5.41, 5.74) is 8.16. The Labute approximate surface area is 378 Å². The summed E-state index contributed by atoms with van der Waals surface area (Å²) in [6, 6.07) is 25.0. The van der Waals surface area contributed by atoms with Gasteiger partial charge < -0.3 is 0 Å². The van der Waals surface area contributed by atoms with Crippen LogP contribution in [-0.2, 0) is 32.1 Å². The molecule has 5 rings (SSSR count). The predicted molar refractivity (Wildman–Crippen MR) is 271 cm³/mol. The van der Waals surface area contributed by atoms with Gasteiger partial charge in [0.2, 0.25) is 0 Å². The molecule has 342 valence electrons. The molecule has 0 atom stereocenters. The molecule has 0 saturated heterocycles. The van der Waals surface area contributed by atoms with E-state index in [-0.39, 0.29) is 0 Å². The van der Waals surface area contributed by atoms with E-state index in [4.69, 9.17) is 0 Å². The summed E-state index contributed by atoms with van der Waals surface area (Å²) in [6.45, 7) is 45.5. The minimum absolute atomic E-state index is 0.302. The minimum atomic E-state index is 0.302. The summed E-state index contributed by atoms with van der Waals surface area (Å²) in [6.07, 6.45) is 20.0. The zero-order chi connectivity index (χ0) is 47.6. The van der Waals surface area contributed by atoms with Crippen molar-refractivity contribution in [2.45, 2.75) is 178 Å². The Morgan fingerprint density at radius 3 is 1.08 bits per heavy atom. The second kappa shape index (κ2) is 33.4. The summed E-state index contributed by atoms with van der Waals surface area (Å²) in [5, 5.41) is 0. The summed E-state index contributed by atoms with van der Waals surface area (Å²) in [5.74, 6) is 0. The Bertz CT molecular complexity index is 1340. The number of pyridine rings is 3. The van der Waals surface area contributed by atoms with Crippen LogP contribution in [0.2, 0.25) is 0 Å². The molecule has 0 saturated carbocycles. The van der Waals surface area contributed by atoms with Crippen LogP contribution in [0.5, 0.6) is 0 Å². The fourth-order valence-electron chi connectivity index (χ4n) is 5.45. The molecule has 0 unspecified atom stereocenters. The predicted octanol–water partition coefficient (Wildman–Crippen LogP) is 16.4. The largest absolute Gasteiger partial charge is 0.265 e. The van der Waals surface area contributed by atoms with Crippen molar-refractivity contribution >= 4 is 0 Å². The van der Waals surface area contributed by atoms with Crippen molar-refractivity contribution in [1.29, 1.82) is 0 Å². The van der Waals surface area contributed by atoms with Gasteiger partial charge in [0.15, 0.2) is 0 Å². The van der Waals surface area contributed by atoms with Crippen LogP contribution < -0.4 is 0 Å². The van der Waals surface area contributed by atoms with Crippen LogP contribution in [0.25, 0.3) is 0 Å². The van der Waals surface area contributed by atoms with Crippen LogP contribution in [0.15, 0.2) is 122 Å². The smallest absolute Gasteiger partial charge is 0.0591 e. The van der Waals surface area contributed by atoms with Gasteiger partial charge in [0.05, 0.1) is 5.69 Å². The summed E-state index contributed by atoms with van der Waals surface area (Å²) in [4.78, 5) is 20.5. The van der Waals surface area contributed by atoms with Gasteiger partial charge >= 0.3 is 0 Å². The molecule has 4 aromatic heterocycles. The highest BCUT2D eigenvalue weighted by Gasteiger charge is 2.13. The number of hydrogen-bond donors (Lipinski definition) is 0. The van der Waals surface area contributed by atoms with Gasteiger partial charge in [-0.2, -0.15) is 0 Å². The van der Waals surface area contributed by atoms with Crippen molar-refractivity contribution < 1.29 is 0 Å². The molecular weight excluding hydrogens is 743 g/mol. The molecule has 0 spiro atoms. The number of rotatable bonds is 5. The lowest BCUT2D eigenvalue weighted by Crippen LogP contribution is -2.10. The van der Waals surface area contributed by atoms with Gasteiger partial charge in [0, 0.05) is 55.3 Å². The summed E-state index contributed by atoms with van der Waals surface area (Å²) >= 11 is 0. The maximum atomic E-state index is 4.26. The lowest BCUT2D eigenvalue weighted by atomic mass is 9.88. The molecule has 4 heterocycles. The molecular formula is C56H93N5. The lowest BCUT2D eigenvalue weighted by molar-refractivity contribution is 0.405. The molecule has 0 aliphatic rings. The van der Waals surface area contributed by atoms with Gasteiger partial charge in [-0.25, -0.2) is 0 Å². The normalized spacial score (nSPS) is 10.7. The van der Waals surface area contributed by atoms with Gasteiger partial charge in [0.1, 0.15) is 0 Å². The number of benzene rings is 1. The molecule has 5 aromatic rings. The van der Waals surface area contributed by atoms with Crippen LogP contribution in [0, 0.1) is 27.1 Å². The third-order valence-corrected chi connectivity index (χ3v) is 7.28. The van der Waals surface area contributed by atoms with E-state index >= 15 is 0 Å². The fraction of sp³-hybridized carbons (Fsp3) is 0.554. The average molecular weight is 836 g/mol. The van der Waals surface area contributed by atoms with Gasteiger partial charge in [-0.15, -0.1) is 0 Å². The molecule has 0 N–H and O–H groups in total. The van der Waals surface area contributed by atoms with Crippen LogP contribution >= 0.6 is 0 Å². The van der Waals surface area contributed by atoms with Gasteiger partial charge in [-0.3, -0.25) is 24.9 Å². The van der Waals surface area contributed by atoms with E-state index in [0.29, 0.717) is 27.1 Å². The van der Waals surface area contributed by atoms with E-state index in [0.717, 1.165) is 37.8 Å². The Kier molecular flexibility index (Phi) is 33.4. The lowest BCUT2D eigenvalue weighted by Gasteiger charge is -2.17.